The van der Waals surface area contributed by atoms with E-state index in [2.05, 4.69) is 0 Å². The van der Waals surface area contributed by atoms with Crippen molar-refractivity contribution in [1.29, 1.82) is 0 Å². The predicted octanol–water partition coefficient (Wildman–Crippen LogP) is 0.836. The highest BCUT2D eigenvalue weighted by Gasteiger charge is 2.23. The Morgan fingerprint density at radius 2 is 2.14 bits per heavy atom. The third kappa shape index (κ3) is 3.64. The van der Waals surface area contributed by atoms with Gasteiger partial charge in [0, 0.05) is 6.04 Å². The smallest absolute Gasteiger partial charge is 0.332 e. The van der Waals surface area contributed by atoms with Gasteiger partial charge in [0.2, 0.25) is 0 Å². The fraction of sp³-hybridized carbons (Fsp3) is 0.900. The van der Waals surface area contributed by atoms with Crippen molar-refractivity contribution in [1.82, 2.24) is 0 Å². The minimum atomic E-state index is -0.301. The Morgan fingerprint density at radius 1 is 1.43 bits per heavy atom. The van der Waals surface area contributed by atoms with Crippen LogP contribution in [0.2, 0.25) is 0 Å². The number of hydrogen-bond donors (Lipinski definition) is 1. The van der Waals surface area contributed by atoms with E-state index in [9.17, 15) is 4.79 Å². The summed E-state index contributed by atoms with van der Waals surface area (Å²) < 4.78 is 10.2. The van der Waals surface area contributed by atoms with Crippen molar-refractivity contribution in [3.63, 3.8) is 0 Å². The molecular formula is C10H19NO3. The highest BCUT2D eigenvalue weighted by atomic mass is 16.6. The lowest BCUT2D eigenvalue weighted by Gasteiger charge is -2.28. The third-order valence-electron chi connectivity index (χ3n) is 2.47. The summed E-state index contributed by atoms with van der Waals surface area (Å²) in [6.45, 7) is 2.22. The first kappa shape index (κ1) is 11.5. The van der Waals surface area contributed by atoms with Crippen molar-refractivity contribution in [2.75, 3.05) is 13.2 Å². The summed E-state index contributed by atoms with van der Waals surface area (Å²) in [6, 6.07) is 0.0816. The molecule has 1 aliphatic rings. The van der Waals surface area contributed by atoms with Crippen molar-refractivity contribution >= 4 is 5.97 Å². The molecule has 0 heterocycles. The summed E-state index contributed by atoms with van der Waals surface area (Å²) >= 11 is 0. The van der Waals surface area contributed by atoms with Crippen LogP contribution in [-0.2, 0) is 14.3 Å². The van der Waals surface area contributed by atoms with Gasteiger partial charge in [-0.05, 0) is 19.8 Å². The molecule has 82 valence electrons. The van der Waals surface area contributed by atoms with Gasteiger partial charge in [0.1, 0.15) is 6.61 Å². The Hall–Kier alpha value is -0.610. The molecule has 0 amide bonds. The van der Waals surface area contributed by atoms with Gasteiger partial charge in [0.15, 0.2) is 0 Å². The largest absolute Gasteiger partial charge is 0.464 e. The van der Waals surface area contributed by atoms with Crippen LogP contribution in [0.1, 0.15) is 32.6 Å². The highest BCUT2D eigenvalue weighted by Crippen LogP contribution is 2.19. The second kappa shape index (κ2) is 5.98. The maximum Gasteiger partial charge on any atom is 0.332 e. The molecule has 4 heteroatoms. The summed E-state index contributed by atoms with van der Waals surface area (Å²) in [6.07, 6.45) is 4.29. The van der Waals surface area contributed by atoms with Crippen LogP contribution in [-0.4, -0.2) is 31.3 Å². The van der Waals surface area contributed by atoms with Crippen LogP contribution in [0.4, 0.5) is 0 Å². The molecule has 0 saturated heterocycles. The predicted molar refractivity (Wildman–Crippen MR) is 52.8 cm³/mol. The van der Waals surface area contributed by atoms with Crippen LogP contribution in [0.3, 0.4) is 0 Å². The SMILES string of the molecule is CCOC(=O)CO[C@@H]1CCCC[C@H]1N. The second-order valence-corrected chi connectivity index (χ2v) is 3.60. The van der Waals surface area contributed by atoms with E-state index in [-0.39, 0.29) is 24.7 Å². The van der Waals surface area contributed by atoms with Gasteiger partial charge in [-0.1, -0.05) is 12.8 Å². The molecule has 0 aromatic rings. The molecule has 0 aromatic heterocycles. The summed E-state index contributed by atoms with van der Waals surface area (Å²) in [4.78, 5) is 11.0. The maximum atomic E-state index is 11.0. The van der Waals surface area contributed by atoms with Gasteiger partial charge in [0.25, 0.3) is 0 Å². The van der Waals surface area contributed by atoms with Gasteiger partial charge >= 0.3 is 5.97 Å². The van der Waals surface area contributed by atoms with Gasteiger partial charge in [-0.2, -0.15) is 0 Å². The lowest BCUT2D eigenvalue weighted by molar-refractivity contribution is -0.151. The minimum absolute atomic E-state index is 0.0339. The van der Waals surface area contributed by atoms with Gasteiger partial charge in [-0.3, -0.25) is 0 Å². The maximum absolute atomic E-state index is 11.0. The molecule has 0 unspecified atom stereocenters. The van der Waals surface area contributed by atoms with E-state index in [0.29, 0.717) is 6.61 Å². The molecule has 0 bridgehead atoms. The van der Waals surface area contributed by atoms with Gasteiger partial charge in [-0.25, -0.2) is 4.79 Å². The highest BCUT2D eigenvalue weighted by molar-refractivity contribution is 5.70. The molecule has 1 aliphatic carbocycles. The van der Waals surface area contributed by atoms with E-state index in [1.807, 2.05) is 0 Å². The van der Waals surface area contributed by atoms with E-state index in [4.69, 9.17) is 15.2 Å². The second-order valence-electron chi connectivity index (χ2n) is 3.60. The Labute approximate surface area is 84.7 Å². The van der Waals surface area contributed by atoms with E-state index in [1.165, 1.54) is 6.42 Å². The molecule has 4 nitrogen and oxygen atoms in total. The van der Waals surface area contributed by atoms with Crippen LogP contribution < -0.4 is 5.73 Å². The quantitative estimate of drug-likeness (QED) is 0.684. The van der Waals surface area contributed by atoms with Crippen LogP contribution in [0.25, 0.3) is 0 Å². The molecule has 0 radical (unpaired) electrons. The average molecular weight is 201 g/mol. The number of hydrogen-bond acceptors (Lipinski definition) is 4. The van der Waals surface area contributed by atoms with Gasteiger partial charge in [-0.15, -0.1) is 0 Å². The summed E-state index contributed by atoms with van der Waals surface area (Å²) in [5.74, 6) is -0.301. The molecule has 14 heavy (non-hydrogen) atoms. The number of esters is 1. The molecule has 1 saturated carbocycles. The number of carbonyl (C=O) groups excluding carboxylic acids is 1. The van der Waals surface area contributed by atoms with Crippen molar-refractivity contribution in [3.8, 4) is 0 Å². The fourth-order valence-corrected chi connectivity index (χ4v) is 1.71. The van der Waals surface area contributed by atoms with Crippen LogP contribution in [0, 0.1) is 0 Å². The van der Waals surface area contributed by atoms with Crippen molar-refractivity contribution < 1.29 is 14.3 Å². The summed E-state index contributed by atoms with van der Waals surface area (Å²) in [7, 11) is 0. The monoisotopic (exact) mass is 201 g/mol. The third-order valence-corrected chi connectivity index (χ3v) is 2.47. The topological polar surface area (TPSA) is 61.5 Å². The van der Waals surface area contributed by atoms with Crippen LogP contribution in [0.15, 0.2) is 0 Å². The van der Waals surface area contributed by atoms with E-state index < -0.39 is 0 Å². The first-order valence-electron chi connectivity index (χ1n) is 5.27. The minimum Gasteiger partial charge on any atom is -0.464 e. The molecule has 2 N–H and O–H groups in total. The summed E-state index contributed by atoms with van der Waals surface area (Å²) in [5, 5.41) is 0. The zero-order valence-electron chi connectivity index (χ0n) is 8.70. The van der Waals surface area contributed by atoms with Crippen LogP contribution >= 0.6 is 0 Å². The number of rotatable bonds is 4. The Morgan fingerprint density at radius 3 is 2.79 bits per heavy atom. The average Bonchev–Trinajstić information content (AvgIpc) is 2.17. The van der Waals surface area contributed by atoms with E-state index >= 15 is 0 Å². The Kier molecular flexibility index (Phi) is 4.90. The first-order chi connectivity index (χ1) is 6.74. The van der Waals surface area contributed by atoms with E-state index in [1.54, 1.807) is 6.92 Å². The lowest BCUT2D eigenvalue weighted by Crippen LogP contribution is -2.40. The number of carbonyl (C=O) groups is 1. The molecule has 1 rings (SSSR count). The van der Waals surface area contributed by atoms with Crippen molar-refractivity contribution in [2.45, 2.75) is 44.8 Å². The molecule has 0 aliphatic heterocycles. The normalized spacial score (nSPS) is 27.3. The summed E-state index contributed by atoms with van der Waals surface area (Å²) in [5.41, 5.74) is 5.86. The molecular weight excluding hydrogens is 182 g/mol. The first-order valence-corrected chi connectivity index (χ1v) is 5.27. The standard InChI is InChI=1S/C10H19NO3/c1-2-13-10(12)7-14-9-6-4-3-5-8(9)11/h8-9H,2-7,11H2,1H3/t8-,9-/m1/s1. The zero-order chi connectivity index (χ0) is 10.4. The van der Waals surface area contributed by atoms with Crippen LogP contribution in [0.5, 0.6) is 0 Å². The number of nitrogens with two attached hydrogens (primary N) is 1. The number of ether oxygens (including phenoxy) is 2. The molecule has 0 spiro atoms. The van der Waals surface area contributed by atoms with E-state index in [0.717, 1.165) is 19.3 Å². The Balaban J connectivity index is 2.19. The van der Waals surface area contributed by atoms with Crippen molar-refractivity contribution in [2.24, 2.45) is 5.73 Å². The van der Waals surface area contributed by atoms with Crippen molar-refractivity contribution in [3.05, 3.63) is 0 Å². The zero-order valence-corrected chi connectivity index (χ0v) is 8.70. The van der Waals surface area contributed by atoms with Gasteiger partial charge < -0.3 is 15.2 Å². The Bertz CT molecular complexity index is 184. The molecule has 2 atom stereocenters. The molecule has 0 aromatic carbocycles. The van der Waals surface area contributed by atoms with Gasteiger partial charge in [0.05, 0.1) is 12.7 Å². The molecule has 1 fully saturated rings. The fourth-order valence-electron chi connectivity index (χ4n) is 1.71. The lowest BCUT2D eigenvalue weighted by atomic mass is 9.93.